The largest absolute Gasteiger partial charge is 0.313 e. The van der Waals surface area contributed by atoms with Gasteiger partial charge in [-0.2, -0.15) is 0 Å². The highest BCUT2D eigenvalue weighted by molar-refractivity contribution is 5.70. The fraction of sp³-hybridized carbons (Fsp3) is 0.214. The predicted octanol–water partition coefficient (Wildman–Crippen LogP) is 1.85. The number of hydrogen-bond donors (Lipinski definition) is 1. The van der Waals surface area contributed by atoms with Gasteiger partial charge in [0.2, 0.25) is 0 Å². The third-order valence-electron chi connectivity index (χ3n) is 3.14. The fourth-order valence-electron chi connectivity index (χ4n) is 2.27. The first-order valence-corrected chi connectivity index (χ1v) is 6.24. The van der Waals surface area contributed by atoms with Crippen molar-refractivity contribution < 1.29 is 4.39 Å². The summed E-state index contributed by atoms with van der Waals surface area (Å²) in [6.45, 7) is 3.45. The Kier molecular flexibility index (Phi) is 3.37. The van der Waals surface area contributed by atoms with Crippen LogP contribution in [0.3, 0.4) is 0 Å². The van der Waals surface area contributed by atoms with Crippen molar-refractivity contribution in [1.29, 1.82) is 0 Å². The first-order valence-electron chi connectivity index (χ1n) is 6.24. The average molecular weight is 257 g/mol. The molecule has 1 aromatic carbocycles. The van der Waals surface area contributed by atoms with Crippen molar-refractivity contribution >= 4 is 5.57 Å². The van der Waals surface area contributed by atoms with E-state index in [0.717, 1.165) is 30.6 Å². The van der Waals surface area contributed by atoms with Gasteiger partial charge in [0.05, 0.1) is 6.20 Å². The molecule has 1 aromatic heterocycles. The third kappa shape index (κ3) is 2.56. The van der Waals surface area contributed by atoms with Crippen molar-refractivity contribution in [3.63, 3.8) is 0 Å². The standard InChI is InChI=1S/C14H14FN4/c15-13-3-1-2-12(10-19-9-8-17-18-19)14(13)11-4-6-16-7-5-11/h1-4,8-10,16H,5-7H2. The molecule has 0 saturated heterocycles. The number of nitrogens with one attached hydrogen (secondary N) is 1. The van der Waals surface area contributed by atoms with Gasteiger partial charge in [-0.25, -0.2) is 9.07 Å². The van der Waals surface area contributed by atoms with Gasteiger partial charge in [0, 0.05) is 18.3 Å². The Labute approximate surface area is 110 Å². The number of rotatable bonds is 3. The molecule has 0 aliphatic carbocycles. The summed E-state index contributed by atoms with van der Waals surface area (Å²) in [5, 5.41) is 10.9. The van der Waals surface area contributed by atoms with E-state index in [2.05, 4.69) is 15.6 Å². The Hall–Kier alpha value is -2.01. The molecule has 0 saturated carbocycles. The summed E-state index contributed by atoms with van der Waals surface area (Å²) in [4.78, 5) is 0. The Balaban J connectivity index is 1.99. The number of aromatic nitrogens is 3. The van der Waals surface area contributed by atoms with Gasteiger partial charge in [-0.1, -0.05) is 23.4 Å². The first-order chi connectivity index (χ1) is 9.34. The van der Waals surface area contributed by atoms with E-state index < -0.39 is 0 Å². The molecule has 0 amide bonds. The van der Waals surface area contributed by atoms with Crippen molar-refractivity contribution in [2.75, 3.05) is 13.1 Å². The minimum absolute atomic E-state index is 0.193. The molecule has 5 heteroatoms. The molecular weight excluding hydrogens is 243 g/mol. The zero-order valence-electron chi connectivity index (χ0n) is 10.4. The summed E-state index contributed by atoms with van der Waals surface area (Å²) >= 11 is 0. The van der Waals surface area contributed by atoms with Crippen molar-refractivity contribution in [3.05, 3.63) is 60.2 Å². The second kappa shape index (κ2) is 5.32. The monoisotopic (exact) mass is 257 g/mol. The summed E-state index contributed by atoms with van der Waals surface area (Å²) in [5.74, 6) is -0.193. The molecule has 2 heterocycles. The molecule has 3 rings (SSSR count). The van der Waals surface area contributed by atoms with Gasteiger partial charge in [-0.15, -0.1) is 5.10 Å². The highest BCUT2D eigenvalue weighted by Crippen LogP contribution is 2.27. The molecule has 0 bridgehead atoms. The van der Waals surface area contributed by atoms with Crippen LogP contribution in [0.2, 0.25) is 0 Å². The van der Waals surface area contributed by atoms with Gasteiger partial charge < -0.3 is 5.32 Å². The lowest BCUT2D eigenvalue weighted by Crippen LogP contribution is -2.20. The van der Waals surface area contributed by atoms with Crippen LogP contribution >= 0.6 is 0 Å². The van der Waals surface area contributed by atoms with Crippen LogP contribution in [-0.2, 0) is 0 Å². The van der Waals surface area contributed by atoms with Crippen molar-refractivity contribution in [3.8, 4) is 0 Å². The lowest BCUT2D eigenvalue weighted by Gasteiger charge is -2.17. The van der Waals surface area contributed by atoms with Gasteiger partial charge in [0.1, 0.15) is 12.4 Å². The summed E-state index contributed by atoms with van der Waals surface area (Å²) in [6.07, 6.45) is 6.20. The number of benzene rings is 1. The van der Waals surface area contributed by atoms with Crippen molar-refractivity contribution in [2.45, 2.75) is 6.42 Å². The van der Waals surface area contributed by atoms with Crippen LogP contribution in [-0.4, -0.2) is 28.1 Å². The molecule has 1 N–H and O–H groups in total. The van der Waals surface area contributed by atoms with E-state index in [1.165, 1.54) is 6.07 Å². The van der Waals surface area contributed by atoms with Crippen LogP contribution in [0, 0.1) is 12.4 Å². The van der Waals surface area contributed by atoms with E-state index in [9.17, 15) is 4.39 Å². The van der Waals surface area contributed by atoms with E-state index in [0.29, 0.717) is 5.56 Å². The van der Waals surface area contributed by atoms with Gasteiger partial charge in [0.25, 0.3) is 0 Å². The van der Waals surface area contributed by atoms with Crippen molar-refractivity contribution in [1.82, 2.24) is 20.3 Å². The van der Waals surface area contributed by atoms with Crippen molar-refractivity contribution in [2.24, 2.45) is 0 Å². The maximum absolute atomic E-state index is 14.1. The smallest absolute Gasteiger partial charge is 0.131 e. The minimum atomic E-state index is -0.193. The molecule has 0 atom stereocenters. The maximum Gasteiger partial charge on any atom is 0.131 e. The van der Waals surface area contributed by atoms with Crippen LogP contribution in [0.15, 0.2) is 36.7 Å². The van der Waals surface area contributed by atoms with Gasteiger partial charge in [0.15, 0.2) is 0 Å². The molecule has 2 aromatic rings. The third-order valence-corrected chi connectivity index (χ3v) is 3.14. The lowest BCUT2D eigenvalue weighted by atomic mass is 9.95. The van der Waals surface area contributed by atoms with Gasteiger partial charge >= 0.3 is 0 Å². The minimum Gasteiger partial charge on any atom is -0.313 e. The SMILES string of the molecule is Fc1cccc([CH]n2ccnn2)c1C1=CCNCC1. The molecule has 1 radical (unpaired) electrons. The predicted molar refractivity (Wildman–Crippen MR) is 70.7 cm³/mol. The molecule has 1 aliphatic heterocycles. The van der Waals surface area contributed by atoms with Gasteiger partial charge in [-0.3, -0.25) is 0 Å². The van der Waals surface area contributed by atoms with E-state index in [-0.39, 0.29) is 5.82 Å². The van der Waals surface area contributed by atoms with E-state index in [1.807, 2.05) is 12.1 Å². The summed E-state index contributed by atoms with van der Waals surface area (Å²) in [6, 6.07) is 5.10. The molecule has 4 nitrogen and oxygen atoms in total. The normalized spacial score (nSPS) is 15.3. The topological polar surface area (TPSA) is 42.7 Å². The number of hydrogen-bond acceptors (Lipinski definition) is 3. The quantitative estimate of drug-likeness (QED) is 0.912. The molecule has 97 valence electrons. The first kappa shape index (κ1) is 12.0. The lowest BCUT2D eigenvalue weighted by molar-refractivity contribution is 0.618. The summed E-state index contributed by atoms with van der Waals surface area (Å²) in [5.41, 5.74) is 2.53. The zero-order chi connectivity index (χ0) is 13.1. The van der Waals surface area contributed by atoms with Gasteiger partial charge in [-0.05, 0) is 30.2 Å². The second-order valence-corrected chi connectivity index (χ2v) is 4.40. The van der Waals surface area contributed by atoms with Crippen LogP contribution in [0.5, 0.6) is 0 Å². The Bertz CT molecular complexity index is 589. The number of halogens is 1. The van der Waals surface area contributed by atoms with Crippen LogP contribution in [0.25, 0.3) is 5.57 Å². The van der Waals surface area contributed by atoms with Crippen LogP contribution < -0.4 is 5.32 Å². The molecule has 0 unspecified atom stereocenters. The highest BCUT2D eigenvalue weighted by atomic mass is 19.1. The summed E-state index contributed by atoms with van der Waals surface area (Å²) < 4.78 is 15.7. The Morgan fingerprint density at radius 1 is 1.37 bits per heavy atom. The molecule has 0 spiro atoms. The fourth-order valence-corrected chi connectivity index (χ4v) is 2.27. The van der Waals surface area contributed by atoms with Crippen LogP contribution in [0.1, 0.15) is 17.5 Å². The average Bonchev–Trinajstić information content (AvgIpc) is 2.93. The van der Waals surface area contributed by atoms with E-state index in [4.69, 9.17) is 0 Å². The summed E-state index contributed by atoms with van der Waals surface area (Å²) in [7, 11) is 0. The van der Waals surface area contributed by atoms with Crippen LogP contribution in [0.4, 0.5) is 4.39 Å². The molecule has 0 fully saturated rings. The second-order valence-electron chi connectivity index (χ2n) is 4.40. The highest BCUT2D eigenvalue weighted by Gasteiger charge is 2.15. The molecule has 1 aliphatic rings. The molecular formula is C14H14FN4. The van der Waals surface area contributed by atoms with E-state index in [1.54, 1.807) is 29.7 Å². The zero-order valence-corrected chi connectivity index (χ0v) is 10.4. The molecule has 19 heavy (non-hydrogen) atoms. The maximum atomic E-state index is 14.1. The Morgan fingerprint density at radius 3 is 3.05 bits per heavy atom. The Morgan fingerprint density at radius 2 is 2.32 bits per heavy atom. The number of nitrogens with zero attached hydrogens (tertiary/aromatic N) is 3. The van der Waals surface area contributed by atoms with E-state index >= 15 is 0 Å².